The molecule has 3 N–H and O–H groups in total. The van der Waals surface area contributed by atoms with Gasteiger partial charge in [-0.3, -0.25) is 4.55 Å². The Kier molecular flexibility index (Phi) is 1.84. The molecule has 5 heteroatoms. The lowest BCUT2D eigenvalue weighted by Gasteiger charge is -1.95. The van der Waals surface area contributed by atoms with Crippen molar-refractivity contribution in [2.24, 2.45) is 0 Å². The number of hydrogen-bond donors (Lipinski definition) is 2. The van der Waals surface area contributed by atoms with Crippen molar-refractivity contribution in [2.45, 2.75) is 4.90 Å². The van der Waals surface area contributed by atoms with Gasteiger partial charge < -0.3 is 5.73 Å². The lowest BCUT2D eigenvalue weighted by atomic mass is 10.3. The van der Waals surface area contributed by atoms with Crippen molar-refractivity contribution in [2.75, 3.05) is 5.73 Å². The largest absolute Gasteiger partial charge is 0.398 e. The topological polar surface area (TPSA) is 80.4 Å². The van der Waals surface area contributed by atoms with E-state index < -0.39 is 10.1 Å². The normalized spacial score (nSPS) is 11.4. The molecule has 1 radical (unpaired) electrons. The highest BCUT2D eigenvalue weighted by atomic mass is 32.2. The summed E-state index contributed by atoms with van der Waals surface area (Å²) in [7, 11) is -4.11. The molecule has 1 rings (SSSR count). The van der Waals surface area contributed by atoms with E-state index in [9.17, 15) is 8.42 Å². The van der Waals surface area contributed by atoms with Crippen LogP contribution in [0.1, 0.15) is 0 Å². The van der Waals surface area contributed by atoms with Crippen LogP contribution in [0.4, 0.5) is 5.69 Å². The second-order valence-electron chi connectivity index (χ2n) is 1.95. The molecular weight excluding hydrogens is 166 g/mol. The summed E-state index contributed by atoms with van der Waals surface area (Å²) in [5, 5.41) is 0. The number of benzene rings is 1. The second-order valence-corrected chi connectivity index (χ2v) is 3.38. The summed E-state index contributed by atoms with van der Waals surface area (Å²) in [6.45, 7) is 0. The molecule has 0 aliphatic heterocycles. The maximum atomic E-state index is 10.4. The van der Waals surface area contributed by atoms with E-state index in [2.05, 4.69) is 6.07 Å². The molecule has 59 valence electrons. The molecule has 0 aliphatic carbocycles. The van der Waals surface area contributed by atoms with E-state index in [1.54, 1.807) is 0 Å². The summed E-state index contributed by atoms with van der Waals surface area (Å²) in [5.41, 5.74) is 5.57. The summed E-state index contributed by atoms with van der Waals surface area (Å²) >= 11 is 0. The SMILES string of the molecule is Nc1[c]cc(S(=O)(=O)O)cc1. The molecule has 1 aromatic carbocycles. The first-order valence-corrected chi connectivity index (χ1v) is 4.19. The summed E-state index contributed by atoms with van der Waals surface area (Å²) in [4.78, 5) is -0.202. The molecule has 0 amide bonds. The van der Waals surface area contributed by atoms with Gasteiger partial charge in [0.25, 0.3) is 10.1 Å². The number of hydrogen-bond acceptors (Lipinski definition) is 3. The minimum atomic E-state index is -4.11. The van der Waals surface area contributed by atoms with E-state index in [0.717, 1.165) is 6.07 Å². The fraction of sp³-hybridized carbons (Fsp3) is 0. The van der Waals surface area contributed by atoms with Gasteiger partial charge in [-0.25, -0.2) is 0 Å². The average molecular weight is 172 g/mol. The minimum Gasteiger partial charge on any atom is -0.398 e. The van der Waals surface area contributed by atoms with Crippen molar-refractivity contribution in [1.82, 2.24) is 0 Å². The predicted molar refractivity (Wildman–Crippen MR) is 39.5 cm³/mol. The fourth-order valence-electron chi connectivity index (χ4n) is 0.583. The third kappa shape index (κ3) is 1.92. The van der Waals surface area contributed by atoms with Gasteiger partial charge in [0, 0.05) is 11.8 Å². The number of anilines is 1. The molecule has 0 saturated heterocycles. The Bertz CT molecular complexity index is 341. The number of nitrogens with two attached hydrogens (primary N) is 1. The van der Waals surface area contributed by atoms with E-state index in [1.807, 2.05) is 0 Å². The lowest BCUT2D eigenvalue weighted by Crippen LogP contribution is -1.97. The molecule has 0 unspecified atom stereocenters. The summed E-state index contributed by atoms with van der Waals surface area (Å²) in [6.07, 6.45) is 0. The van der Waals surface area contributed by atoms with Crippen molar-refractivity contribution in [1.29, 1.82) is 0 Å². The van der Waals surface area contributed by atoms with Gasteiger partial charge >= 0.3 is 0 Å². The van der Waals surface area contributed by atoms with E-state index in [0.29, 0.717) is 5.69 Å². The van der Waals surface area contributed by atoms with Gasteiger partial charge in [0.2, 0.25) is 0 Å². The Balaban J connectivity index is 3.20. The maximum absolute atomic E-state index is 10.4. The molecule has 0 spiro atoms. The monoisotopic (exact) mass is 172 g/mol. The second kappa shape index (κ2) is 2.52. The lowest BCUT2D eigenvalue weighted by molar-refractivity contribution is 0.483. The first-order chi connectivity index (χ1) is 5.00. The predicted octanol–water partition coefficient (Wildman–Crippen LogP) is 0.316. The van der Waals surface area contributed by atoms with Crippen LogP contribution >= 0.6 is 0 Å². The molecule has 11 heavy (non-hydrogen) atoms. The van der Waals surface area contributed by atoms with Gasteiger partial charge in [0.1, 0.15) is 0 Å². The van der Waals surface area contributed by atoms with Crippen LogP contribution in [-0.4, -0.2) is 13.0 Å². The highest BCUT2D eigenvalue weighted by molar-refractivity contribution is 7.85. The molecular formula is C6H6NO3S. The highest BCUT2D eigenvalue weighted by Crippen LogP contribution is 2.09. The van der Waals surface area contributed by atoms with Crippen LogP contribution < -0.4 is 5.73 Å². The molecule has 1 aromatic rings. The van der Waals surface area contributed by atoms with Crippen molar-refractivity contribution in [3.63, 3.8) is 0 Å². The molecule has 0 bridgehead atoms. The minimum absolute atomic E-state index is 0.202. The zero-order valence-electron chi connectivity index (χ0n) is 5.48. The van der Waals surface area contributed by atoms with Crippen molar-refractivity contribution in [3.05, 3.63) is 24.3 Å². The van der Waals surface area contributed by atoms with Crippen LogP contribution in [0.15, 0.2) is 23.1 Å². The van der Waals surface area contributed by atoms with E-state index in [4.69, 9.17) is 10.3 Å². The van der Waals surface area contributed by atoms with Gasteiger partial charge in [-0.05, 0) is 18.2 Å². The van der Waals surface area contributed by atoms with Gasteiger partial charge in [-0.15, -0.1) is 0 Å². The van der Waals surface area contributed by atoms with Gasteiger partial charge in [0.05, 0.1) is 4.90 Å². The molecule has 4 nitrogen and oxygen atoms in total. The standard InChI is InChI=1S/C6H6NO3S/c7-5-1-3-6(4-2-5)11(8,9)10/h1,3-4H,7H2,(H,8,9,10). The van der Waals surface area contributed by atoms with Crippen molar-refractivity contribution in [3.8, 4) is 0 Å². The zero-order valence-corrected chi connectivity index (χ0v) is 6.30. The summed E-state index contributed by atoms with van der Waals surface area (Å²) in [6, 6.07) is 6.12. The Labute approximate surface area is 64.4 Å². The van der Waals surface area contributed by atoms with Crippen LogP contribution in [0.5, 0.6) is 0 Å². The first kappa shape index (κ1) is 8.03. The third-order valence-electron chi connectivity index (χ3n) is 1.11. The summed E-state index contributed by atoms with van der Waals surface area (Å²) in [5.74, 6) is 0. The molecule has 0 saturated carbocycles. The van der Waals surface area contributed by atoms with Crippen LogP contribution in [0, 0.1) is 6.07 Å². The maximum Gasteiger partial charge on any atom is 0.294 e. The molecule has 0 heterocycles. The molecule has 0 atom stereocenters. The van der Waals surface area contributed by atoms with E-state index in [-0.39, 0.29) is 4.90 Å². The van der Waals surface area contributed by atoms with Crippen LogP contribution in [0.25, 0.3) is 0 Å². The average Bonchev–Trinajstić information content (AvgIpc) is 1.86. The van der Waals surface area contributed by atoms with Crippen LogP contribution in [0.2, 0.25) is 0 Å². The quantitative estimate of drug-likeness (QED) is 0.472. The van der Waals surface area contributed by atoms with E-state index in [1.165, 1.54) is 12.1 Å². The van der Waals surface area contributed by atoms with E-state index >= 15 is 0 Å². The first-order valence-electron chi connectivity index (χ1n) is 2.75. The Hall–Kier alpha value is -1.07. The van der Waals surface area contributed by atoms with Crippen molar-refractivity contribution >= 4 is 15.8 Å². The van der Waals surface area contributed by atoms with Crippen molar-refractivity contribution < 1.29 is 13.0 Å². The zero-order chi connectivity index (χ0) is 8.48. The Morgan fingerprint density at radius 1 is 1.45 bits per heavy atom. The van der Waals surface area contributed by atoms with Gasteiger partial charge in [-0.1, -0.05) is 0 Å². The Morgan fingerprint density at radius 3 is 2.45 bits per heavy atom. The van der Waals surface area contributed by atoms with Crippen LogP contribution in [0.3, 0.4) is 0 Å². The highest BCUT2D eigenvalue weighted by Gasteiger charge is 2.07. The number of rotatable bonds is 1. The smallest absolute Gasteiger partial charge is 0.294 e. The third-order valence-corrected chi connectivity index (χ3v) is 1.96. The molecule has 0 fully saturated rings. The Morgan fingerprint density at radius 2 is 2.09 bits per heavy atom. The molecule has 0 aliphatic rings. The number of nitrogen functional groups attached to an aromatic ring is 1. The fourth-order valence-corrected chi connectivity index (χ4v) is 1.03. The summed E-state index contributed by atoms with van der Waals surface area (Å²) < 4.78 is 29.4. The molecule has 0 aromatic heterocycles. The van der Waals surface area contributed by atoms with Crippen LogP contribution in [-0.2, 0) is 10.1 Å². The van der Waals surface area contributed by atoms with Gasteiger partial charge in [0.15, 0.2) is 0 Å². The van der Waals surface area contributed by atoms with Gasteiger partial charge in [-0.2, -0.15) is 8.42 Å².